The topological polar surface area (TPSA) is 140 Å². The summed E-state index contributed by atoms with van der Waals surface area (Å²) in [5.74, 6) is -2.37. The predicted octanol–water partition coefficient (Wildman–Crippen LogP) is 3.60. The van der Waals surface area contributed by atoms with Gasteiger partial charge in [-0.05, 0) is 37.1 Å². The Morgan fingerprint density at radius 3 is 2.15 bits per heavy atom. The Morgan fingerprint density at radius 1 is 0.900 bits per heavy atom. The number of nitrogens with one attached hydrogen (secondary N) is 3. The molecular weight excluding hydrogens is 553 g/mol. The number of carbonyl (C=O) groups excluding carboxylic acids is 2. The number of hydrogen-bond donors (Lipinski definition) is 3. The SMILES string of the molecule is CCOC(=O)CNP(=O)(c1ccc(C)cc1)C(NS(=O)(=O)CCNC(=O)OCc1ccccc1)c1ccccc1. The van der Waals surface area contributed by atoms with E-state index in [2.05, 4.69) is 15.1 Å². The van der Waals surface area contributed by atoms with E-state index in [1.54, 1.807) is 73.7 Å². The minimum atomic E-state index is -4.09. The first-order chi connectivity index (χ1) is 19.1. The Bertz CT molecular complexity index is 1400. The molecule has 10 nitrogen and oxygen atoms in total. The maximum atomic E-state index is 14.7. The molecule has 2 unspecified atom stereocenters. The Hall–Kier alpha value is -3.50. The summed E-state index contributed by atoms with van der Waals surface area (Å²) in [7, 11) is -7.94. The van der Waals surface area contributed by atoms with Crippen molar-refractivity contribution in [1.29, 1.82) is 0 Å². The molecule has 0 aliphatic heterocycles. The van der Waals surface area contributed by atoms with Crippen molar-refractivity contribution in [2.75, 3.05) is 25.4 Å². The molecule has 0 aliphatic rings. The van der Waals surface area contributed by atoms with Gasteiger partial charge in [0.15, 0.2) is 7.29 Å². The number of carbonyl (C=O) groups is 2. The smallest absolute Gasteiger partial charge is 0.407 e. The van der Waals surface area contributed by atoms with Gasteiger partial charge in [-0.25, -0.2) is 13.2 Å². The minimum Gasteiger partial charge on any atom is -0.465 e. The zero-order chi connectivity index (χ0) is 29.0. The van der Waals surface area contributed by atoms with Gasteiger partial charge in [0.2, 0.25) is 10.0 Å². The number of benzene rings is 3. The van der Waals surface area contributed by atoms with Gasteiger partial charge in [0.05, 0.1) is 12.4 Å². The molecule has 0 spiro atoms. The molecule has 0 saturated heterocycles. The van der Waals surface area contributed by atoms with Crippen LogP contribution in [-0.2, 0) is 35.5 Å². The minimum absolute atomic E-state index is 0.0413. The first kappa shape index (κ1) is 31.0. The molecule has 40 heavy (non-hydrogen) atoms. The van der Waals surface area contributed by atoms with E-state index in [9.17, 15) is 22.6 Å². The lowest BCUT2D eigenvalue weighted by atomic mass is 10.2. The van der Waals surface area contributed by atoms with Crippen LogP contribution in [0.4, 0.5) is 4.79 Å². The second-order valence-electron chi connectivity index (χ2n) is 8.87. The third-order valence-electron chi connectivity index (χ3n) is 5.80. The monoisotopic (exact) mass is 587 g/mol. The van der Waals surface area contributed by atoms with Gasteiger partial charge < -0.3 is 14.8 Å². The first-order valence-electron chi connectivity index (χ1n) is 12.7. The molecule has 0 aromatic heterocycles. The molecule has 3 aromatic carbocycles. The van der Waals surface area contributed by atoms with E-state index >= 15 is 0 Å². The summed E-state index contributed by atoms with van der Waals surface area (Å²) in [5, 5.41) is 5.57. The number of rotatable bonds is 14. The van der Waals surface area contributed by atoms with Gasteiger partial charge >= 0.3 is 12.1 Å². The van der Waals surface area contributed by atoms with Crippen LogP contribution in [0.15, 0.2) is 84.9 Å². The standard InChI is InChI=1S/C28H34N3O7PS/c1-3-37-26(32)20-30-39(34,25-16-14-22(2)15-17-25)27(24-12-8-5-9-13-24)31-40(35,36)19-18-29-28(33)38-21-23-10-6-4-7-11-23/h4-17,27,31H,3,18-21H2,1-2H3,(H,29,33)(H,30,34). The van der Waals surface area contributed by atoms with Gasteiger partial charge in [0, 0.05) is 11.8 Å². The Balaban J connectivity index is 1.79. The maximum Gasteiger partial charge on any atom is 0.407 e. The summed E-state index contributed by atoms with van der Waals surface area (Å²) in [6.07, 6.45) is -0.764. The number of hydrogen-bond acceptors (Lipinski definition) is 7. The van der Waals surface area contributed by atoms with Gasteiger partial charge in [-0.3, -0.25) is 14.4 Å². The molecule has 3 aromatic rings. The summed E-state index contributed by atoms with van der Waals surface area (Å²) in [5.41, 5.74) is 2.14. The predicted molar refractivity (Wildman–Crippen MR) is 154 cm³/mol. The van der Waals surface area contributed by atoms with Crippen LogP contribution in [0.3, 0.4) is 0 Å². The lowest BCUT2D eigenvalue weighted by Gasteiger charge is -2.30. The van der Waals surface area contributed by atoms with Crippen LogP contribution in [0.5, 0.6) is 0 Å². The molecule has 0 saturated carbocycles. The van der Waals surface area contributed by atoms with E-state index in [-0.39, 0.29) is 19.8 Å². The quantitative estimate of drug-likeness (QED) is 0.192. The highest BCUT2D eigenvalue weighted by Gasteiger charge is 2.39. The van der Waals surface area contributed by atoms with Crippen LogP contribution in [0.25, 0.3) is 0 Å². The van der Waals surface area contributed by atoms with Crippen molar-refractivity contribution >= 4 is 34.7 Å². The molecule has 12 heteroatoms. The van der Waals surface area contributed by atoms with Crippen molar-refractivity contribution in [3.05, 3.63) is 102 Å². The van der Waals surface area contributed by atoms with Crippen molar-refractivity contribution in [3.63, 3.8) is 0 Å². The van der Waals surface area contributed by atoms with Crippen LogP contribution in [0.2, 0.25) is 0 Å². The van der Waals surface area contributed by atoms with Crippen molar-refractivity contribution in [1.82, 2.24) is 15.1 Å². The molecule has 0 bridgehead atoms. The second-order valence-corrected chi connectivity index (χ2v) is 13.4. The second kappa shape index (κ2) is 14.8. The molecule has 0 heterocycles. The van der Waals surface area contributed by atoms with Crippen LogP contribution < -0.4 is 20.4 Å². The van der Waals surface area contributed by atoms with Crippen LogP contribution in [0.1, 0.15) is 29.4 Å². The molecule has 214 valence electrons. The van der Waals surface area contributed by atoms with E-state index in [1.807, 2.05) is 25.1 Å². The van der Waals surface area contributed by atoms with E-state index in [0.717, 1.165) is 11.1 Å². The van der Waals surface area contributed by atoms with E-state index < -0.39 is 47.5 Å². The van der Waals surface area contributed by atoms with Gasteiger partial charge in [0.1, 0.15) is 18.9 Å². The average molecular weight is 588 g/mol. The average Bonchev–Trinajstić information content (AvgIpc) is 2.95. The van der Waals surface area contributed by atoms with Crippen molar-refractivity contribution in [2.24, 2.45) is 0 Å². The van der Waals surface area contributed by atoms with E-state index in [0.29, 0.717) is 10.9 Å². The summed E-state index contributed by atoms with van der Waals surface area (Å²) in [6.45, 7) is 3.08. The molecule has 3 rings (SSSR count). The molecular formula is C28H34N3O7PS. The Morgan fingerprint density at radius 2 is 1.52 bits per heavy atom. The number of aryl methyl sites for hydroxylation is 1. The van der Waals surface area contributed by atoms with Crippen LogP contribution in [0, 0.1) is 6.92 Å². The fourth-order valence-electron chi connectivity index (χ4n) is 3.77. The number of esters is 1. The van der Waals surface area contributed by atoms with Crippen molar-refractivity contribution < 1.29 is 32.0 Å². The van der Waals surface area contributed by atoms with Crippen molar-refractivity contribution in [2.45, 2.75) is 26.2 Å². The fourth-order valence-corrected chi connectivity index (χ4v) is 8.02. The molecule has 0 fully saturated rings. The van der Waals surface area contributed by atoms with E-state index in [4.69, 9.17) is 9.47 Å². The maximum absolute atomic E-state index is 14.7. The third kappa shape index (κ3) is 9.31. The summed E-state index contributed by atoms with van der Waals surface area (Å²) in [4.78, 5) is 24.2. The Labute approximate surface area is 235 Å². The lowest BCUT2D eigenvalue weighted by molar-refractivity contribution is -0.141. The van der Waals surface area contributed by atoms with Crippen molar-refractivity contribution in [3.8, 4) is 0 Å². The van der Waals surface area contributed by atoms with E-state index in [1.165, 1.54) is 0 Å². The molecule has 3 N–H and O–H groups in total. The van der Waals surface area contributed by atoms with Crippen LogP contribution in [-0.4, -0.2) is 45.9 Å². The van der Waals surface area contributed by atoms with Gasteiger partial charge in [-0.2, -0.15) is 4.72 Å². The molecule has 2 atom stereocenters. The molecule has 0 aliphatic carbocycles. The number of sulfonamides is 1. The highest BCUT2D eigenvalue weighted by atomic mass is 32.2. The van der Waals surface area contributed by atoms with Gasteiger partial charge in [0.25, 0.3) is 0 Å². The number of ether oxygens (including phenoxy) is 2. The number of alkyl carbamates (subject to hydrolysis) is 1. The zero-order valence-electron chi connectivity index (χ0n) is 22.4. The highest BCUT2D eigenvalue weighted by molar-refractivity contribution is 7.90. The molecule has 0 radical (unpaired) electrons. The third-order valence-corrected chi connectivity index (χ3v) is 10.2. The summed E-state index contributed by atoms with van der Waals surface area (Å²) < 4.78 is 53.8. The summed E-state index contributed by atoms with van der Waals surface area (Å²) in [6, 6.07) is 24.3. The Kier molecular flexibility index (Phi) is 11.5. The zero-order valence-corrected chi connectivity index (χ0v) is 24.1. The lowest BCUT2D eigenvalue weighted by Crippen LogP contribution is -2.40. The van der Waals surface area contributed by atoms with Gasteiger partial charge in [-0.15, -0.1) is 0 Å². The normalized spacial score (nSPS) is 13.6. The fraction of sp³-hybridized carbons (Fsp3) is 0.286. The molecule has 1 amide bonds. The summed E-state index contributed by atoms with van der Waals surface area (Å²) >= 11 is 0. The van der Waals surface area contributed by atoms with Crippen LogP contribution >= 0.6 is 7.29 Å². The first-order valence-corrected chi connectivity index (χ1v) is 16.1. The highest BCUT2D eigenvalue weighted by Crippen LogP contribution is 2.53. The number of amides is 1. The van der Waals surface area contributed by atoms with Gasteiger partial charge in [-0.1, -0.05) is 78.4 Å². The largest absolute Gasteiger partial charge is 0.465 e.